The zero-order valence-corrected chi connectivity index (χ0v) is 16.9. The number of sulfonamides is 1. The molecule has 136 valence electrons. The highest BCUT2D eigenvalue weighted by Gasteiger charge is 2.18. The molecule has 0 unspecified atom stereocenters. The van der Waals surface area contributed by atoms with E-state index in [-0.39, 0.29) is 6.54 Å². The smallest absolute Gasteiger partial charge is 0.240 e. The van der Waals surface area contributed by atoms with Gasteiger partial charge in [-0.2, -0.15) is 0 Å². The molecule has 0 spiro atoms. The number of ether oxygens (including phenoxy) is 2. The summed E-state index contributed by atoms with van der Waals surface area (Å²) in [5, 5.41) is 0. The Bertz CT molecular complexity index is 837. The Hall–Kier alpha value is -1.57. The van der Waals surface area contributed by atoms with Crippen LogP contribution in [0.4, 0.5) is 0 Å². The molecule has 5 nitrogen and oxygen atoms in total. The van der Waals surface area contributed by atoms with E-state index < -0.39 is 10.0 Å². The van der Waals surface area contributed by atoms with E-state index in [2.05, 4.69) is 20.7 Å². The monoisotopic (exact) mass is 427 g/mol. The molecule has 2 aromatic rings. The zero-order chi connectivity index (χ0) is 18.4. The van der Waals surface area contributed by atoms with Crippen LogP contribution in [0.25, 0.3) is 0 Å². The second-order valence-electron chi connectivity index (χ2n) is 5.41. The molecule has 2 aromatic carbocycles. The molecule has 0 atom stereocenters. The Balaban J connectivity index is 2.14. The fourth-order valence-corrected chi connectivity index (χ4v) is 4.37. The van der Waals surface area contributed by atoms with Crippen molar-refractivity contribution >= 4 is 26.0 Å². The molecule has 1 N–H and O–H groups in total. The Morgan fingerprint density at radius 2 is 1.84 bits per heavy atom. The highest BCUT2D eigenvalue weighted by atomic mass is 79.9. The van der Waals surface area contributed by atoms with Crippen molar-refractivity contribution in [2.45, 2.75) is 24.7 Å². The summed E-state index contributed by atoms with van der Waals surface area (Å²) in [6.07, 6.45) is 1.14. The molecule has 0 aliphatic carbocycles. The van der Waals surface area contributed by atoms with Crippen LogP contribution in [0.2, 0.25) is 0 Å². The second-order valence-corrected chi connectivity index (χ2v) is 8.06. The summed E-state index contributed by atoms with van der Waals surface area (Å²) >= 11 is 3.38. The summed E-state index contributed by atoms with van der Waals surface area (Å²) in [5.41, 5.74) is 1.66. The van der Waals surface area contributed by atoms with Crippen LogP contribution < -0.4 is 14.2 Å². The fraction of sp³-hybridized carbons (Fsp3) is 0.333. The summed E-state index contributed by atoms with van der Waals surface area (Å²) in [7, 11) is -0.424. The predicted octanol–water partition coefficient (Wildman–Crippen LogP) is 3.55. The number of methoxy groups -OCH3 is 2. The summed E-state index contributed by atoms with van der Waals surface area (Å²) in [6, 6.07) is 10.7. The van der Waals surface area contributed by atoms with Crippen LogP contribution in [-0.2, 0) is 22.9 Å². The lowest BCUT2D eigenvalue weighted by atomic mass is 10.1. The molecular formula is C18H22BrNO4S. The molecular weight excluding hydrogens is 406 g/mol. The average molecular weight is 428 g/mol. The van der Waals surface area contributed by atoms with E-state index in [9.17, 15) is 8.42 Å². The average Bonchev–Trinajstić information content (AvgIpc) is 2.60. The maximum atomic E-state index is 12.6. The van der Waals surface area contributed by atoms with Gasteiger partial charge in [0.25, 0.3) is 0 Å². The summed E-state index contributed by atoms with van der Waals surface area (Å²) in [4.78, 5) is 0.316. The molecule has 0 aliphatic rings. The van der Waals surface area contributed by atoms with E-state index in [4.69, 9.17) is 9.47 Å². The second kappa shape index (κ2) is 8.69. The minimum absolute atomic E-state index is 0.269. The maximum absolute atomic E-state index is 12.6. The van der Waals surface area contributed by atoms with E-state index in [1.807, 2.05) is 31.2 Å². The van der Waals surface area contributed by atoms with Crippen LogP contribution in [0.5, 0.6) is 11.5 Å². The normalized spacial score (nSPS) is 11.4. The summed E-state index contributed by atoms with van der Waals surface area (Å²) in [5.74, 6) is 1.26. The van der Waals surface area contributed by atoms with Gasteiger partial charge in [0.1, 0.15) is 0 Å². The number of para-hydroxylation sites is 1. The van der Waals surface area contributed by atoms with Gasteiger partial charge >= 0.3 is 0 Å². The van der Waals surface area contributed by atoms with Gasteiger partial charge in [-0.15, -0.1) is 0 Å². The minimum Gasteiger partial charge on any atom is -0.493 e. The minimum atomic E-state index is -3.57. The summed E-state index contributed by atoms with van der Waals surface area (Å²) < 4.78 is 39.4. The Morgan fingerprint density at radius 3 is 2.48 bits per heavy atom. The topological polar surface area (TPSA) is 64.6 Å². The van der Waals surface area contributed by atoms with E-state index in [0.29, 0.717) is 29.2 Å². The van der Waals surface area contributed by atoms with Crippen LogP contribution in [0.1, 0.15) is 18.1 Å². The number of halogens is 1. The summed E-state index contributed by atoms with van der Waals surface area (Å²) in [6.45, 7) is 2.20. The van der Waals surface area contributed by atoms with E-state index in [1.165, 1.54) is 0 Å². The van der Waals surface area contributed by atoms with Crippen LogP contribution in [0, 0.1) is 0 Å². The number of aryl methyl sites for hydroxylation is 1. The lowest BCUT2D eigenvalue weighted by molar-refractivity contribution is 0.351. The van der Waals surface area contributed by atoms with Gasteiger partial charge in [0.15, 0.2) is 11.5 Å². The van der Waals surface area contributed by atoms with Crippen LogP contribution in [-0.4, -0.2) is 29.2 Å². The zero-order valence-electron chi connectivity index (χ0n) is 14.5. The van der Waals surface area contributed by atoms with Gasteiger partial charge in [-0.25, -0.2) is 13.1 Å². The number of rotatable bonds is 8. The number of nitrogens with one attached hydrogen (secondary N) is 1. The van der Waals surface area contributed by atoms with Gasteiger partial charge in [-0.05, 0) is 48.2 Å². The van der Waals surface area contributed by atoms with Crippen molar-refractivity contribution in [3.05, 3.63) is 52.0 Å². The molecule has 0 fully saturated rings. The van der Waals surface area contributed by atoms with Crippen molar-refractivity contribution in [2.24, 2.45) is 0 Å². The van der Waals surface area contributed by atoms with Crippen molar-refractivity contribution in [3.63, 3.8) is 0 Å². The first kappa shape index (κ1) is 19.8. The fourth-order valence-electron chi connectivity index (χ4n) is 2.63. The highest BCUT2D eigenvalue weighted by Crippen LogP contribution is 2.30. The molecule has 2 rings (SSSR count). The third kappa shape index (κ3) is 4.74. The number of benzene rings is 2. The Morgan fingerprint density at radius 1 is 1.08 bits per heavy atom. The Labute approximate surface area is 157 Å². The van der Waals surface area contributed by atoms with Crippen LogP contribution in [0.15, 0.2) is 45.8 Å². The van der Waals surface area contributed by atoms with Gasteiger partial charge < -0.3 is 9.47 Å². The first-order valence-electron chi connectivity index (χ1n) is 7.91. The van der Waals surface area contributed by atoms with Crippen molar-refractivity contribution in [3.8, 4) is 11.5 Å². The van der Waals surface area contributed by atoms with Crippen molar-refractivity contribution in [2.75, 3.05) is 20.8 Å². The van der Waals surface area contributed by atoms with Crippen molar-refractivity contribution < 1.29 is 17.9 Å². The van der Waals surface area contributed by atoms with Crippen LogP contribution in [0.3, 0.4) is 0 Å². The molecule has 0 aliphatic heterocycles. The quantitative estimate of drug-likeness (QED) is 0.699. The molecule has 0 saturated heterocycles. The Kier molecular flexibility index (Phi) is 6.87. The molecule has 0 heterocycles. The molecule has 0 amide bonds. The largest absolute Gasteiger partial charge is 0.493 e. The van der Waals surface area contributed by atoms with E-state index >= 15 is 0 Å². The molecule has 0 bridgehead atoms. The SMILES string of the molecule is CCc1cc(Br)ccc1S(=O)(=O)NCCc1cccc(OC)c1OC. The third-order valence-corrected chi connectivity index (χ3v) is 5.92. The lowest BCUT2D eigenvalue weighted by Gasteiger charge is -2.14. The van der Waals surface area contributed by atoms with Crippen LogP contribution >= 0.6 is 15.9 Å². The van der Waals surface area contributed by atoms with E-state index in [0.717, 1.165) is 15.6 Å². The highest BCUT2D eigenvalue weighted by molar-refractivity contribution is 9.10. The first-order valence-corrected chi connectivity index (χ1v) is 10.2. The number of hydrogen-bond donors (Lipinski definition) is 1. The number of hydrogen-bond acceptors (Lipinski definition) is 4. The molecule has 0 saturated carbocycles. The first-order chi connectivity index (χ1) is 11.9. The third-order valence-electron chi connectivity index (χ3n) is 3.86. The van der Waals surface area contributed by atoms with Gasteiger partial charge in [0, 0.05) is 11.0 Å². The maximum Gasteiger partial charge on any atom is 0.240 e. The molecule has 0 aromatic heterocycles. The van der Waals surface area contributed by atoms with Crippen molar-refractivity contribution in [1.29, 1.82) is 0 Å². The van der Waals surface area contributed by atoms with Gasteiger partial charge in [0.2, 0.25) is 10.0 Å². The lowest BCUT2D eigenvalue weighted by Crippen LogP contribution is -2.27. The van der Waals surface area contributed by atoms with Crippen molar-refractivity contribution in [1.82, 2.24) is 4.72 Å². The molecule has 0 radical (unpaired) electrons. The van der Waals surface area contributed by atoms with Gasteiger partial charge in [-0.1, -0.05) is 35.0 Å². The van der Waals surface area contributed by atoms with E-state index in [1.54, 1.807) is 26.4 Å². The predicted molar refractivity (Wildman–Crippen MR) is 102 cm³/mol. The molecule has 25 heavy (non-hydrogen) atoms. The van der Waals surface area contributed by atoms with Gasteiger partial charge in [0.05, 0.1) is 19.1 Å². The van der Waals surface area contributed by atoms with Gasteiger partial charge in [-0.3, -0.25) is 0 Å². The standard InChI is InChI=1S/C18H22BrNO4S/c1-4-13-12-15(19)8-9-17(13)25(21,22)20-11-10-14-6-5-7-16(23-2)18(14)24-3/h5-9,12,20H,4,10-11H2,1-3H3. The molecule has 7 heteroatoms.